The van der Waals surface area contributed by atoms with Crippen LogP contribution in [0.1, 0.15) is 19.4 Å². The predicted octanol–water partition coefficient (Wildman–Crippen LogP) is 2.76. The van der Waals surface area contributed by atoms with Crippen molar-refractivity contribution in [3.05, 3.63) is 29.6 Å². The summed E-state index contributed by atoms with van der Waals surface area (Å²) in [5.74, 6) is 1.94. The summed E-state index contributed by atoms with van der Waals surface area (Å²) >= 11 is 1.86. The Morgan fingerprint density at radius 1 is 1.50 bits per heavy atom. The summed E-state index contributed by atoms with van der Waals surface area (Å²) in [6.07, 6.45) is 0. The molecule has 0 fully saturated rings. The van der Waals surface area contributed by atoms with Crippen LogP contribution in [0.25, 0.3) is 0 Å². The van der Waals surface area contributed by atoms with E-state index in [4.69, 9.17) is 0 Å². The van der Waals surface area contributed by atoms with Gasteiger partial charge in [-0.15, -0.1) is 0 Å². The van der Waals surface area contributed by atoms with Crippen molar-refractivity contribution in [3.8, 4) is 5.75 Å². The first-order valence-corrected chi connectivity index (χ1v) is 6.57. The van der Waals surface area contributed by atoms with E-state index in [2.05, 4.69) is 19.2 Å². The molecule has 2 N–H and O–H groups in total. The van der Waals surface area contributed by atoms with Gasteiger partial charge in [0, 0.05) is 23.9 Å². The highest BCUT2D eigenvalue weighted by Crippen LogP contribution is 2.17. The smallest absolute Gasteiger partial charge is 0.123 e. The highest BCUT2D eigenvalue weighted by Gasteiger charge is 2.05. The Bertz CT molecular complexity index is 333. The van der Waals surface area contributed by atoms with Gasteiger partial charge in [-0.25, -0.2) is 4.39 Å². The zero-order valence-electron chi connectivity index (χ0n) is 9.66. The van der Waals surface area contributed by atoms with Crippen molar-refractivity contribution in [2.75, 3.05) is 11.5 Å². The monoisotopic (exact) mass is 243 g/mol. The number of hydrogen-bond acceptors (Lipinski definition) is 3. The highest BCUT2D eigenvalue weighted by molar-refractivity contribution is 7.99. The lowest BCUT2D eigenvalue weighted by Gasteiger charge is -2.13. The van der Waals surface area contributed by atoms with Gasteiger partial charge in [0.15, 0.2) is 0 Å². The molecule has 0 aromatic heterocycles. The molecule has 16 heavy (non-hydrogen) atoms. The van der Waals surface area contributed by atoms with Gasteiger partial charge in [0.25, 0.3) is 0 Å². The average Bonchev–Trinajstić information content (AvgIpc) is 2.27. The Kier molecular flexibility index (Phi) is 5.63. The van der Waals surface area contributed by atoms with Gasteiger partial charge in [-0.05, 0) is 30.9 Å². The number of nitrogens with one attached hydrogen (secondary N) is 1. The summed E-state index contributed by atoms with van der Waals surface area (Å²) in [4.78, 5) is 0. The molecule has 1 rings (SSSR count). The molecule has 0 amide bonds. The molecule has 0 aliphatic heterocycles. The van der Waals surface area contributed by atoms with Crippen molar-refractivity contribution < 1.29 is 9.50 Å². The maximum atomic E-state index is 12.9. The van der Waals surface area contributed by atoms with Gasteiger partial charge in [0.05, 0.1) is 0 Å². The number of benzene rings is 1. The molecule has 0 bridgehead atoms. The average molecular weight is 243 g/mol. The maximum absolute atomic E-state index is 12.9. The molecular formula is C12H18FNOS. The molecule has 1 aromatic carbocycles. The standard InChI is InChI=1S/C12H18FNOS/c1-3-16-8-9(2)14-7-10-6-11(13)4-5-12(10)15/h4-6,9,14-15H,3,7-8H2,1-2H3. The number of rotatable bonds is 6. The second kappa shape index (κ2) is 6.76. The van der Waals surface area contributed by atoms with Crippen molar-refractivity contribution in [1.29, 1.82) is 0 Å². The highest BCUT2D eigenvalue weighted by atomic mass is 32.2. The fraction of sp³-hybridized carbons (Fsp3) is 0.500. The van der Waals surface area contributed by atoms with E-state index in [9.17, 15) is 9.50 Å². The van der Waals surface area contributed by atoms with E-state index in [0.29, 0.717) is 18.2 Å². The first-order chi connectivity index (χ1) is 7.63. The van der Waals surface area contributed by atoms with Gasteiger partial charge >= 0.3 is 0 Å². The zero-order chi connectivity index (χ0) is 12.0. The Morgan fingerprint density at radius 3 is 2.94 bits per heavy atom. The van der Waals surface area contributed by atoms with E-state index in [1.807, 2.05) is 11.8 Å². The van der Waals surface area contributed by atoms with E-state index < -0.39 is 0 Å². The summed E-state index contributed by atoms with van der Waals surface area (Å²) in [6.45, 7) is 4.70. The molecule has 1 aromatic rings. The third-order valence-corrected chi connectivity index (χ3v) is 3.40. The zero-order valence-corrected chi connectivity index (χ0v) is 10.5. The Labute approximate surface area is 100 Å². The van der Waals surface area contributed by atoms with Crippen molar-refractivity contribution in [2.45, 2.75) is 26.4 Å². The third-order valence-electron chi connectivity index (χ3n) is 2.25. The molecular weight excluding hydrogens is 225 g/mol. The molecule has 1 unspecified atom stereocenters. The summed E-state index contributed by atoms with van der Waals surface area (Å²) < 4.78 is 12.9. The van der Waals surface area contributed by atoms with Crippen LogP contribution in [0.3, 0.4) is 0 Å². The Morgan fingerprint density at radius 2 is 2.25 bits per heavy atom. The summed E-state index contributed by atoms with van der Waals surface area (Å²) in [7, 11) is 0. The molecule has 0 spiro atoms. The molecule has 0 aliphatic carbocycles. The topological polar surface area (TPSA) is 32.3 Å². The Balaban J connectivity index is 2.44. The van der Waals surface area contributed by atoms with E-state index >= 15 is 0 Å². The number of aromatic hydroxyl groups is 1. The fourth-order valence-electron chi connectivity index (χ4n) is 1.33. The van der Waals surface area contributed by atoms with Gasteiger partial charge in [-0.1, -0.05) is 6.92 Å². The van der Waals surface area contributed by atoms with Gasteiger partial charge in [0.1, 0.15) is 11.6 Å². The van der Waals surface area contributed by atoms with Crippen LogP contribution >= 0.6 is 11.8 Å². The first kappa shape index (κ1) is 13.3. The van der Waals surface area contributed by atoms with Crippen LogP contribution in [-0.4, -0.2) is 22.7 Å². The summed E-state index contributed by atoms with van der Waals surface area (Å²) in [6, 6.07) is 4.36. The van der Waals surface area contributed by atoms with Crippen molar-refractivity contribution >= 4 is 11.8 Å². The van der Waals surface area contributed by atoms with Crippen LogP contribution in [0.15, 0.2) is 18.2 Å². The molecule has 1 atom stereocenters. The lowest BCUT2D eigenvalue weighted by Crippen LogP contribution is -2.27. The number of halogens is 1. The van der Waals surface area contributed by atoms with Crippen LogP contribution in [0.2, 0.25) is 0 Å². The van der Waals surface area contributed by atoms with E-state index in [0.717, 1.165) is 11.5 Å². The number of phenolic OH excluding ortho intramolecular Hbond substituents is 1. The van der Waals surface area contributed by atoms with Gasteiger partial charge < -0.3 is 10.4 Å². The van der Waals surface area contributed by atoms with E-state index in [1.165, 1.54) is 18.2 Å². The minimum absolute atomic E-state index is 0.143. The third kappa shape index (κ3) is 4.41. The lowest BCUT2D eigenvalue weighted by atomic mass is 10.2. The van der Waals surface area contributed by atoms with Crippen molar-refractivity contribution in [2.24, 2.45) is 0 Å². The predicted molar refractivity (Wildman–Crippen MR) is 67.4 cm³/mol. The fourth-order valence-corrected chi connectivity index (χ4v) is 2.04. The summed E-state index contributed by atoms with van der Waals surface area (Å²) in [5.41, 5.74) is 0.605. The second-order valence-electron chi connectivity index (χ2n) is 3.71. The number of hydrogen-bond donors (Lipinski definition) is 2. The molecule has 90 valence electrons. The SMILES string of the molecule is CCSCC(C)NCc1cc(F)ccc1O. The van der Waals surface area contributed by atoms with Gasteiger partial charge in [-0.3, -0.25) is 0 Å². The molecule has 0 aliphatic rings. The number of thioether (sulfide) groups is 1. The van der Waals surface area contributed by atoms with Gasteiger partial charge in [-0.2, -0.15) is 11.8 Å². The number of phenols is 1. The summed E-state index contributed by atoms with van der Waals surface area (Å²) in [5, 5.41) is 12.8. The van der Waals surface area contributed by atoms with E-state index in [1.54, 1.807) is 0 Å². The Hall–Kier alpha value is -0.740. The normalized spacial score (nSPS) is 12.7. The maximum Gasteiger partial charge on any atom is 0.123 e. The second-order valence-corrected chi connectivity index (χ2v) is 5.03. The first-order valence-electron chi connectivity index (χ1n) is 5.42. The van der Waals surface area contributed by atoms with Crippen molar-refractivity contribution in [3.63, 3.8) is 0 Å². The largest absolute Gasteiger partial charge is 0.508 e. The van der Waals surface area contributed by atoms with Gasteiger partial charge in [0.2, 0.25) is 0 Å². The van der Waals surface area contributed by atoms with E-state index in [-0.39, 0.29) is 11.6 Å². The van der Waals surface area contributed by atoms with Crippen LogP contribution in [0.4, 0.5) is 4.39 Å². The minimum atomic E-state index is -0.315. The minimum Gasteiger partial charge on any atom is -0.508 e. The molecule has 0 radical (unpaired) electrons. The molecule has 0 heterocycles. The molecule has 0 saturated carbocycles. The quantitative estimate of drug-likeness (QED) is 0.806. The van der Waals surface area contributed by atoms with Crippen LogP contribution in [0, 0.1) is 5.82 Å². The van der Waals surface area contributed by atoms with Crippen LogP contribution in [-0.2, 0) is 6.54 Å². The lowest BCUT2D eigenvalue weighted by molar-refractivity contribution is 0.458. The van der Waals surface area contributed by atoms with Crippen molar-refractivity contribution in [1.82, 2.24) is 5.32 Å². The van der Waals surface area contributed by atoms with Crippen LogP contribution in [0.5, 0.6) is 5.75 Å². The molecule has 4 heteroatoms. The van der Waals surface area contributed by atoms with Crippen LogP contribution < -0.4 is 5.32 Å². The molecule has 0 saturated heterocycles. The molecule has 2 nitrogen and oxygen atoms in total.